The summed E-state index contributed by atoms with van der Waals surface area (Å²) in [5.41, 5.74) is -0.246. The van der Waals surface area contributed by atoms with E-state index in [2.05, 4.69) is 13.8 Å². The Hall–Kier alpha value is -0.370. The normalized spacial score (nSPS) is 16.3. The first-order valence-electron chi connectivity index (χ1n) is 9.39. The summed E-state index contributed by atoms with van der Waals surface area (Å²) in [4.78, 5) is 12.4. The fourth-order valence-electron chi connectivity index (χ4n) is 3.05. The third kappa shape index (κ3) is 10.4. The first kappa shape index (κ1) is 21.6. The van der Waals surface area contributed by atoms with E-state index in [1.54, 1.807) is 0 Å². The Morgan fingerprint density at radius 1 is 1.00 bits per heavy atom. The molecule has 0 saturated carbocycles. The van der Waals surface area contributed by atoms with Crippen LogP contribution >= 0.6 is 0 Å². The van der Waals surface area contributed by atoms with Gasteiger partial charge in [0.2, 0.25) is 0 Å². The van der Waals surface area contributed by atoms with E-state index < -0.39 is 0 Å². The second-order valence-corrected chi connectivity index (χ2v) is 8.26. The summed E-state index contributed by atoms with van der Waals surface area (Å²) >= 11 is 0. The highest BCUT2D eigenvalue weighted by atomic mass is 16.3. The highest BCUT2D eigenvalue weighted by Crippen LogP contribution is 2.30. The molecule has 0 aromatic rings. The van der Waals surface area contributed by atoms with E-state index in [9.17, 15) is 9.90 Å². The third-order valence-corrected chi connectivity index (χ3v) is 4.73. The van der Waals surface area contributed by atoms with Crippen molar-refractivity contribution in [3.8, 4) is 0 Å². The number of carbonyl (C=O) groups is 1. The largest absolute Gasteiger partial charge is 0.393 e. The first-order chi connectivity index (χ1) is 10.2. The Morgan fingerprint density at radius 3 is 2.05 bits per heavy atom. The lowest BCUT2D eigenvalue weighted by molar-refractivity contribution is -0.127. The second kappa shape index (κ2) is 11.2. The summed E-state index contributed by atoms with van der Waals surface area (Å²) in [5, 5.41) is 9.65. The number of carbonyl (C=O) groups excluding carboxylic acids is 1. The molecule has 0 amide bonds. The summed E-state index contributed by atoms with van der Waals surface area (Å²) in [6.45, 7) is 12.3. The highest BCUT2D eigenvalue weighted by molar-refractivity contribution is 5.83. The fourth-order valence-corrected chi connectivity index (χ4v) is 3.05. The van der Waals surface area contributed by atoms with E-state index in [-0.39, 0.29) is 11.5 Å². The van der Waals surface area contributed by atoms with Crippen LogP contribution in [0.5, 0.6) is 0 Å². The predicted molar refractivity (Wildman–Crippen MR) is 96.0 cm³/mol. The summed E-state index contributed by atoms with van der Waals surface area (Å²) in [6, 6.07) is 0. The first-order valence-corrected chi connectivity index (χ1v) is 9.39. The number of ketones is 1. The van der Waals surface area contributed by atoms with Crippen molar-refractivity contribution >= 4 is 5.78 Å². The number of rotatable bonds is 12. The van der Waals surface area contributed by atoms with Crippen molar-refractivity contribution in [1.82, 2.24) is 0 Å². The Labute approximate surface area is 139 Å². The van der Waals surface area contributed by atoms with Crippen molar-refractivity contribution < 1.29 is 9.90 Å². The van der Waals surface area contributed by atoms with Crippen molar-refractivity contribution in [3.63, 3.8) is 0 Å². The topological polar surface area (TPSA) is 37.3 Å². The van der Waals surface area contributed by atoms with Crippen LogP contribution in [-0.2, 0) is 4.79 Å². The zero-order chi connectivity index (χ0) is 17.2. The van der Waals surface area contributed by atoms with Crippen LogP contribution in [0.4, 0.5) is 0 Å². The van der Waals surface area contributed by atoms with E-state index in [1.165, 1.54) is 38.5 Å². The van der Waals surface area contributed by atoms with E-state index in [4.69, 9.17) is 0 Å². The molecule has 22 heavy (non-hydrogen) atoms. The monoisotopic (exact) mass is 312 g/mol. The molecular weight excluding hydrogens is 272 g/mol. The molecule has 0 bridgehead atoms. The van der Waals surface area contributed by atoms with Crippen LogP contribution in [0, 0.1) is 17.3 Å². The molecule has 0 aliphatic rings. The van der Waals surface area contributed by atoms with Crippen molar-refractivity contribution in [2.45, 2.75) is 105 Å². The zero-order valence-corrected chi connectivity index (χ0v) is 16.0. The van der Waals surface area contributed by atoms with Gasteiger partial charge in [-0.2, -0.15) is 0 Å². The Balaban J connectivity index is 4.37. The summed E-state index contributed by atoms with van der Waals surface area (Å²) < 4.78 is 0. The summed E-state index contributed by atoms with van der Waals surface area (Å²) in [6.07, 6.45) is 10.1. The van der Waals surface area contributed by atoms with Gasteiger partial charge in [0.1, 0.15) is 5.78 Å². The summed E-state index contributed by atoms with van der Waals surface area (Å²) in [7, 11) is 0. The van der Waals surface area contributed by atoms with Gasteiger partial charge in [0.05, 0.1) is 6.10 Å². The SMILES string of the molecule is CCCCCCCC[C@H](CC(=O)C(C)(C)C)[C@H](C)C[C@H](C)O. The quantitative estimate of drug-likeness (QED) is 0.465. The van der Waals surface area contributed by atoms with Crippen molar-refractivity contribution in [3.05, 3.63) is 0 Å². The van der Waals surface area contributed by atoms with E-state index in [0.717, 1.165) is 12.8 Å². The van der Waals surface area contributed by atoms with Crippen LogP contribution in [-0.4, -0.2) is 17.0 Å². The number of hydrogen-bond donors (Lipinski definition) is 1. The van der Waals surface area contributed by atoms with Gasteiger partial charge in [-0.3, -0.25) is 4.79 Å². The van der Waals surface area contributed by atoms with Gasteiger partial charge >= 0.3 is 0 Å². The van der Waals surface area contributed by atoms with Gasteiger partial charge in [0.15, 0.2) is 0 Å². The number of Topliss-reactive ketones (excluding diaryl/α,β-unsaturated/α-hetero) is 1. The molecule has 0 unspecified atom stereocenters. The second-order valence-electron chi connectivity index (χ2n) is 8.26. The predicted octanol–water partition coefficient (Wildman–Crippen LogP) is 5.77. The van der Waals surface area contributed by atoms with E-state index in [1.807, 2.05) is 27.7 Å². The third-order valence-electron chi connectivity index (χ3n) is 4.73. The minimum absolute atomic E-state index is 0.246. The molecule has 2 heteroatoms. The van der Waals surface area contributed by atoms with Crippen molar-refractivity contribution in [2.24, 2.45) is 17.3 Å². The molecule has 0 fully saturated rings. The van der Waals surface area contributed by atoms with Crippen LogP contribution in [0.1, 0.15) is 99.3 Å². The Bertz CT molecular complexity index is 289. The van der Waals surface area contributed by atoms with Crippen molar-refractivity contribution in [2.75, 3.05) is 0 Å². The lowest BCUT2D eigenvalue weighted by Crippen LogP contribution is -2.26. The van der Waals surface area contributed by atoms with E-state index in [0.29, 0.717) is 24.0 Å². The molecule has 0 aliphatic heterocycles. The average molecular weight is 313 g/mol. The molecule has 0 saturated heterocycles. The number of aliphatic hydroxyl groups excluding tert-OH is 1. The molecule has 1 N–H and O–H groups in total. The van der Waals surface area contributed by atoms with Gasteiger partial charge in [-0.05, 0) is 31.6 Å². The lowest BCUT2D eigenvalue weighted by Gasteiger charge is -2.27. The van der Waals surface area contributed by atoms with Crippen LogP contribution in [0.3, 0.4) is 0 Å². The standard InChI is InChI=1S/C20H40O2/c1-7-8-9-10-11-12-13-18(16(2)14-17(3)21)15-19(22)20(4,5)6/h16-18,21H,7-15H2,1-6H3/t16-,17+,18-/m1/s1. The Kier molecular flexibility index (Phi) is 11.0. The van der Waals surface area contributed by atoms with Gasteiger partial charge in [0.25, 0.3) is 0 Å². The number of aliphatic hydroxyl groups is 1. The lowest BCUT2D eigenvalue weighted by atomic mass is 9.77. The number of hydrogen-bond acceptors (Lipinski definition) is 2. The van der Waals surface area contributed by atoms with Gasteiger partial charge in [0, 0.05) is 11.8 Å². The maximum absolute atomic E-state index is 12.4. The minimum Gasteiger partial charge on any atom is -0.393 e. The van der Waals surface area contributed by atoms with Crippen LogP contribution in [0.2, 0.25) is 0 Å². The molecule has 0 aliphatic carbocycles. The van der Waals surface area contributed by atoms with E-state index >= 15 is 0 Å². The van der Waals surface area contributed by atoms with Gasteiger partial charge in [-0.1, -0.05) is 73.1 Å². The molecule has 132 valence electrons. The average Bonchev–Trinajstić information content (AvgIpc) is 2.39. The number of unbranched alkanes of at least 4 members (excludes halogenated alkanes) is 5. The highest BCUT2D eigenvalue weighted by Gasteiger charge is 2.27. The van der Waals surface area contributed by atoms with Crippen molar-refractivity contribution in [1.29, 1.82) is 0 Å². The molecule has 3 atom stereocenters. The zero-order valence-electron chi connectivity index (χ0n) is 16.0. The molecule has 0 spiro atoms. The van der Waals surface area contributed by atoms with Crippen LogP contribution in [0.15, 0.2) is 0 Å². The minimum atomic E-state index is -0.271. The molecule has 0 radical (unpaired) electrons. The Morgan fingerprint density at radius 2 is 1.55 bits per heavy atom. The molecule has 0 aromatic carbocycles. The maximum Gasteiger partial charge on any atom is 0.138 e. The maximum atomic E-state index is 12.4. The molecule has 2 nitrogen and oxygen atoms in total. The summed E-state index contributed by atoms with van der Waals surface area (Å²) in [5.74, 6) is 1.20. The van der Waals surface area contributed by atoms with Crippen LogP contribution < -0.4 is 0 Å². The van der Waals surface area contributed by atoms with Gasteiger partial charge in [-0.25, -0.2) is 0 Å². The molecule has 0 rings (SSSR count). The van der Waals surface area contributed by atoms with Gasteiger partial charge < -0.3 is 5.11 Å². The molecule has 0 heterocycles. The van der Waals surface area contributed by atoms with Gasteiger partial charge in [-0.15, -0.1) is 0 Å². The fraction of sp³-hybridized carbons (Fsp3) is 0.950. The molecular formula is C20H40O2. The van der Waals surface area contributed by atoms with Crippen LogP contribution in [0.25, 0.3) is 0 Å². The smallest absolute Gasteiger partial charge is 0.138 e. The molecule has 0 aromatic heterocycles.